The number of halogens is 1. The van der Waals surface area contributed by atoms with Gasteiger partial charge in [0.2, 0.25) is 11.1 Å². The van der Waals surface area contributed by atoms with Crippen molar-refractivity contribution in [3.8, 4) is 0 Å². The van der Waals surface area contributed by atoms with Crippen LogP contribution in [0.2, 0.25) is 5.02 Å². The Morgan fingerprint density at radius 3 is 2.84 bits per heavy atom. The Bertz CT molecular complexity index is 1330. The summed E-state index contributed by atoms with van der Waals surface area (Å²) in [5.74, 6) is 2.29. The van der Waals surface area contributed by atoms with Gasteiger partial charge in [0.25, 0.3) is 0 Å². The number of carbonyl (C=O) groups is 1. The number of fused-ring (bicyclic) bond motifs is 2. The first kappa shape index (κ1) is 20.9. The molecule has 0 aliphatic carbocycles. The molecule has 0 bridgehead atoms. The lowest BCUT2D eigenvalue weighted by Crippen LogP contribution is -2.30. The van der Waals surface area contributed by atoms with E-state index in [2.05, 4.69) is 15.2 Å². The molecular formula is C23H17ClN4O2S2. The van der Waals surface area contributed by atoms with E-state index < -0.39 is 0 Å². The molecule has 0 fully saturated rings. The highest BCUT2D eigenvalue weighted by Gasteiger charge is 2.28. The highest BCUT2D eigenvalue weighted by molar-refractivity contribution is 8.00. The first-order chi connectivity index (χ1) is 15.6. The van der Waals surface area contributed by atoms with E-state index in [1.807, 2.05) is 67.6 Å². The number of carbonyl (C=O) groups excluding carboxylic acids is 1. The van der Waals surface area contributed by atoms with Crippen LogP contribution < -0.4 is 4.90 Å². The normalized spacial score (nSPS) is 12.8. The summed E-state index contributed by atoms with van der Waals surface area (Å²) >= 11 is 9.15. The number of nitrogens with one attached hydrogen (secondary N) is 1. The van der Waals surface area contributed by atoms with Crippen molar-refractivity contribution in [1.82, 2.24) is 15.2 Å². The number of aromatic nitrogens is 3. The van der Waals surface area contributed by atoms with E-state index in [-0.39, 0.29) is 11.7 Å². The average Bonchev–Trinajstić information content (AvgIpc) is 3.43. The van der Waals surface area contributed by atoms with E-state index in [1.165, 1.54) is 11.8 Å². The maximum atomic E-state index is 13.3. The summed E-state index contributed by atoms with van der Waals surface area (Å²) in [5, 5.41) is 8.16. The molecule has 5 rings (SSSR count). The number of aryl methyl sites for hydroxylation is 1. The van der Waals surface area contributed by atoms with Gasteiger partial charge in [-0.1, -0.05) is 47.3 Å². The van der Waals surface area contributed by atoms with Crippen LogP contribution in [0.1, 0.15) is 17.3 Å². The molecule has 2 aromatic heterocycles. The fraction of sp³-hybridized carbons (Fsp3) is 0.0870. The molecular weight excluding hydrogens is 464 g/mol. The maximum absolute atomic E-state index is 13.3. The second-order valence-electron chi connectivity index (χ2n) is 6.98. The molecule has 2 aromatic carbocycles. The van der Waals surface area contributed by atoms with E-state index in [0.29, 0.717) is 16.0 Å². The first-order valence-electron chi connectivity index (χ1n) is 9.76. The quantitative estimate of drug-likeness (QED) is 0.331. The molecule has 0 saturated carbocycles. The van der Waals surface area contributed by atoms with Crippen LogP contribution in [0.3, 0.4) is 0 Å². The van der Waals surface area contributed by atoms with E-state index in [1.54, 1.807) is 22.7 Å². The van der Waals surface area contributed by atoms with Crippen LogP contribution in [0.4, 0.5) is 11.4 Å². The predicted octanol–water partition coefficient (Wildman–Crippen LogP) is 6.45. The number of hydrogen-bond acceptors (Lipinski definition) is 6. The third-order valence-corrected chi connectivity index (χ3v) is 6.91. The van der Waals surface area contributed by atoms with Crippen molar-refractivity contribution in [2.75, 3.05) is 10.7 Å². The number of para-hydroxylation sites is 1. The van der Waals surface area contributed by atoms with Gasteiger partial charge in [-0.05, 0) is 61.5 Å². The molecule has 32 heavy (non-hydrogen) atoms. The number of furan rings is 1. The van der Waals surface area contributed by atoms with Gasteiger partial charge in [0.05, 0.1) is 17.1 Å². The van der Waals surface area contributed by atoms with Gasteiger partial charge < -0.3 is 4.42 Å². The third-order valence-electron chi connectivity index (χ3n) is 4.71. The maximum Gasteiger partial charge on any atom is 0.242 e. The van der Waals surface area contributed by atoms with Crippen molar-refractivity contribution in [1.29, 1.82) is 0 Å². The predicted molar refractivity (Wildman–Crippen MR) is 129 cm³/mol. The zero-order valence-corrected chi connectivity index (χ0v) is 19.3. The van der Waals surface area contributed by atoms with Crippen LogP contribution >= 0.6 is 35.1 Å². The standard InChI is InChI=1S/C23H17ClN4O2S2/c1-14-6-8-16(30-14)9-11-21-25-23(27-26-21)31-13-22(29)28-17-4-2-3-5-19(17)32-20-10-7-15(24)12-18(20)28/h2-12H,13H2,1H3,(H,25,26,27). The molecule has 0 saturated heterocycles. The fourth-order valence-electron chi connectivity index (χ4n) is 3.29. The number of nitrogens with zero attached hydrogens (tertiary/aromatic N) is 3. The minimum Gasteiger partial charge on any atom is -0.462 e. The van der Waals surface area contributed by atoms with Crippen molar-refractivity contribution in [2.24, 2.45) is 0 Å². The highest BCUT2D eigenvalue weighted by atomic mass is 35.5. The van der Waals surface area contributed by atoms with Gasteiger partial charge in [-0.25, -0.2) is 4.98 Å². The third kappa shape index (κ3) is 4.34. The number of benzene rings is 2. The Labute approximate surface area is 198 Å². The largest absolute Gasteiger partial charge is 0.462 e. The van der Waals surface area contributed by atoms with Gasteiger partial charge >= 0.3 is 0 Å². The summed E-state index contributed by atoms with van der Waals surface area (Å²) in [5.41, 5.74) is 1.64. The number of hydrogen-bond donors (Lipinski definition) is 1. The molecule has 160 valence electrons. The summed E-state index contributed by atoms with van der Waals surface area (Å²) in [4.78, 5) is 21.5. The molecule has 0 radical (unpaired) electrons. The van der Waals surface area contributed by atoms with Crippen LogP contribution in [0.25, 0.3) is 12.2 Å². The number of amides is 1. The fourth-order valence-corrected chi connectivity index (χ4v) is 5.15. The van der Waals surface area contributed by atoms with Crippen molar-refractivity contribution in [3.63, 3.8) is 0 Å². The van der Waals surface area contributed by atoms with E-state index in [0.717, 1.165) is 32.7 Å². The van der Waals surface area contributed by atoms with Crippen LogP contribution in [0.15, 0.2) is 74.0 Å². The monoisotopic (exact) mass is 480 g/mol. The SMILES string of the molecule is Cc1ccc(C=Cc2nc(SCC(=O)N3c4ccccc4Sc4ccc(Cl)cc43)n[nH]2)o1. The summed E-state index contributed by atoms with van der Waals surface area (Å²) in [6.45, 7) is 1.89. The molecule has 4 aromatic rings. The Balaban J connectivity index is 1.32. The van der Waals surface area contributed by atoms with Crippen molar-refractivity contribution >= 4 is 64.6 Å². The van der Waals surface area contributed by atoms with E-state index in [4.69, 9.17) is 16.0 Å². The molecule has 0 spiro atoms. The van der Waals surface area contributed by atoms with Gasteiger partial charge in [0.15, 0.2) is 0 Å². The number of rotatable bonds is 5. The minimum absolute atomic E-state index is 0.0702. The number of H-pyrrole nitrogens is 1. The van der Waals surface area contributed by atoms with Crippen LogP contribution in [0, 0.1) is 6.92 Å². The minimum atomic E-state index is -0.0702. The lowest BCUT2D eigenvalue weighted by molar-refractivity contribution is -0.115. The first-order valence-corrected chi connectivity index (χ1v) is 11.9. The second kappa shape index (κ2) is 8.90. The molecule has 6 nitrogen and oxygen atoms in total. The summed E-state index contributed by atoms with van der Waals surface area (Å²) < 4.78 is 5.51. The zero-order chi connectivity index (χ0) is 22.1. The molecule has 0 atom stereocenters. The van der Waals surface area contributed by atoms with Gasteiger partial charge in [0.1, 0.15) is 17.3 Å². The lowest BCUT2D eigenvalue weighted by atomic mass is 10.2. The Morgan fingerprint density at radius 2 is 2.00 bits per heavy atom. The van der Waals surface area contributed by atoms with Gasteiger partial charge in [0, 0.05) is 14.8 Å². The molecule has 3 heterocycles. The molecule has 9 heteroatoms. The van der Waals surface area contributed by atoms with Gasteiger partial charge in [-0.2, -0.15) is 0 Å². The van der Waals surface area contributed by atoms with Gasteiger partial charge in [-0.15, -0.1) is 5.10 Å². The molecule has 1 N–H and O–H groups in total. The van der Waals surface area contributed by atoms with Crippen molar-refractivity contribution in [2.45, 2.75) is 21.9 Å². The van der Waals surface area contributed by atoms with Gasteiger partial charge in [-0.3, -0.25) is 14.8 Å². The van der Waals surface area contributed by atoms with Crippen LogP contribution in [-0.4, -0.2) is 26.8 Å². The highest BCUT2D eigenvalue weighted by Crippen LogP contribution is 2.49. The average molecular weight is 481 g/mol. The van der Waals surface area contributed by atoms with Crippen LogP contribution in [0.5, 0.6) is 0 Å². The van der Waals surface area contributed by atoms with E-state index >= 15 is 0 Å². The smallest absolute Gasteiger partial charge is 0.242 e. The van der Waals surface area contributed by atoms with Crippen molar-refractivity contribution in [3.05, 3.63) is 77.0 Å². The second-order valence-corrected chi connectivity index (χ2v) is 9.45. The molecule has 1 amide bonds. The number of aromatic amines is 1. The Morgan fingerprint density at radius 1 is 1.16 bits per heavy atom. The topological polar surface area (TPSA) is 75.0 Å². The zero-order valence-electron chi connectivity index (χ0n) is 16.9. The Hall–Kier alpha value is -2.94. The molecule has 1 aliphatic rings. The number of anilines is 2. The number of thioether (sulfide) groups is 1. The molecule has 0 unspecified atom stereocenters. The van der Waals surface area contributed by atoms with E-state index in [9.17, 15) is 4.79 Å². The Kier molecular flexibility index (Phi) is 5.82. The summed E-state index contributed by atoms with van der Waals surface area (Å²) in [6.07, 6.45) is 3.60. The summed E-state index contributed by atoms with van der Waals surface area (Å²) in [6, 6.07) is 17.2. The summed E-state index contributed by atoms with van der Waals surface area (Å²) in [7, 11) is 0. The van der Waals surface area contributed by atoms with Crippen LogP contribution in [-0.2, 0) is 4.79 Å². The van der Waals surface area contributed by atoms with Crippen molar-refractivity contribution < 1.29 is 9.21 Å². The molecule has 1 aliphatic heterocycles. The lowest BCUT2D eigenvalue weighted by Gasteiger charge is -2.31.